The van der Waals surface area contributed by atoms with Crippen LogP contribution in [0.4, 0.5) is 5.82 Å². The van der Waals surface area contributed by atoms with Gasteiger partial charge in [-0.25, -0.2) is 4.79 Å². The topological polar surface area (TPSA) is 129 Å². The largest absolute Gasteiger partial charge is 0.384 e. The summed E-state index contributed by atoms with van der Waals surface area (Å²) in [6.07, 6.45) is 6.41. The van der Waals surface area contributed by atoms with Crippen LogP contribution < -0.4 is 17.0 Å². The maximum absolute atomic E-state index is 12.7. The lowest BCUT2D eigenvalue weighted by atomic mass is 9.95. The van der Waals surface area contributed by atoms with E-state index in [4.69, 9.17) is 5.73 Å². The molecule has 0 saturated heterocycles. The summed E-state index contributed by atoms with van der Waals surface area (Å²) in [4.78, 5) is 39.0. The average molecular weight is 407 g/mol. The number of carbonyl (C=O) groups is 1. The molecular weight excluding hydrogens is 380 g/mol. The average Bonchev–Trinajstić information content (AvgIpc) is 3.04. The van der Waals surface area contributed by atoms with Gasteiger partial charge < -0.3 is 10.3 Å². The van der Waals surface area contributed by atoms with Crippen molar-refractivity contribution in [3.05, 3.63) is 32.2 Å². The van der Waals surface area contributed by atoms with E-state index in [-0.39, 0.29) is 17.1 Å². The lowest BCUT2D eigenvalue weighted by molar-refractivity contribution is 0.102. The molecular formula is C18H26N6O3S. The minimum absolute atomic E-state index is 0.00244. The molecule has 0 aromatic carbocycles. The molecule has 0 atom stereocenters. The molecule has 1 aliphatic carbocycles. The Morgan fingerprint density at radius 1 is 1.25 bits per heavy atom. The number of H-pyrrole nitrogens is 1. The number of nitrogens with two attached hydrogens (primary N) is 1. The summed E-state index contributed by atoms with van der Waals surface area (Å²) in [5, 5.41) is 9.06. The molecule has 1 saturated carbocycles. The van der Waals surface area contributed by atoms with E-state index in [2.05, 4.69) is 19.7 Å². The van der Waals surface area contributed by atoms with Crippen molar-refractivity contribution in [3.8, 4) is 0 Å². The highest BCUT2D eigenvalue weighted by atomic mass is 32.2. The second kappa shape index (κ2) is 8.76. The molecule has 1 aliphatic rings. The Morgan fingerprint density at radius 3 is 2.64 bits per heavy atom. The molecule has 0 amide bonds. The van der Waals surface area contributed by atoms with Crippen LogP contribution in [0.25, 0.3) is 0 Å². The zero-order valence-corrected chi connectivity index (χ0v) is 17.0. The third kappa shape index (κ3) is 4.06. The highest BCUT2D eigenvalue weighted by Crippen LogP contribution is 2.32. The summed E-state index contributed by atoms with van der Waals surface area (Å²) in [5.41, 5.74) is 4.46. The number of anilines is 1. The van der Waals surface area contributed by atoms with Crippen molar-refractivity contribution in [2.45, 2.75) is 70.1 Å². The number of ketones is 1. The highest BCUT2D eigenvalue weighted by molar-refractivity contribution is 7.99. The quantitative estimate of drug-likeness (QED) is 0.531. The Kier molecular flexibility index (Phi) is 6.38. The number of carbonyl (C=O) groups excluding carboxylic acids is 1. The molecule has 0 radical (unpaired) electrons. The van der Waals surface area contributed by atoms with E-state index >= 15 is 0 Å². The SMILES string of the molecule is CCCn1c(N)c(C(=O)CSc2nnc(C)n2C2CCCCC2)c(=O)[nH]c1=O. The third-order valence-electron chi connectivity index (χ3n) is 5.07. The van der Waals surface area contributed by atoms with Crippen LogP contribution in [0.3, 0.4) is 0 Å². The molecule has 10 heteroatoms. The number of aromatic amines is 1. The number of nitrogen functional groups attached to an aromatic ring is 1. The van der Waals surface area contributed by atoms with Crippen LogP contribution in [-0.2, 0) is 6.54 Å². The first-order chi connectivity index (χ1) is 13.4. The summed E-state index contributed by atoms with van der Waals surface area (Å²) < 4.78 is 3.33. The van der Waals surface area contributed by atoms with Crippen LogP contribution in [-0.4, -0.2) is 35.9 Å². The van der Waals surface area contributed by atoms with Gasteiger partial charge in [-0.1, -0.05) is 37.9 Å². The predicted molar refractivity (Wildman–Crippen MR) is 108 cm³/mol. The van der Waals surface area contributed by atoms with Crippen LogP contribution in [0.2, 0.25) is 0 Å². The number of Topliss-reactive ketones (excluding diaryl/α,β-unsaturated/α-hetero) is 1. The van der Waals surface area contributed by atoms with E-state index in [0.717, 1.165) is 18.7 Å². The summed E-state index contributed by atoms with van der Waals surface area (Å²) >= 11 is 1.25. The zero-order valence-electron chi connectivity index (χ0n) is 16.2. The van der Waals surface area contributed by atoms with E-state index in [1.807, 2.05) is 13.8 Å². The molecule has 28 heavy (non-hydrogen) atoms. The molecule has 2 heterocycles. The van der Waals surface area contributed by atoms with E-state index in [1.54, 1.807) is 0 Å². The molecule has 0 aliphatic heterocycles. The first kappa shape index (κ1) is 20.4. The van der Waals surface area contributed by atoms with Gasteiger partial charge in [-0.05, 0) is 26.2 Å². The number of thioether (sulfide) groups is 1. The van der Waals surface area contributed by atoms with Crippen molar-refractivity contribution in [2.75, 3.05) is 11.5 Å². The molecule has 2 aromatic rings. The Balaban J connectivity index is 1.81. The Labute approximate surface area is 166 Å². The lowest BCUT2D eigenvalue weighted by Gasteiger charge is -2.24. The first-order valence-electron chi connectivity index (χ1n) is 9.64. The van der Waals surface area contributed by atoms with Gasteiger partial charge in [-0.15, -0.1) is 10.2 Å². The van der Waals surface area contributed by atoms with Crippen LogP contribution in [0.5, 0.6) is 0 Å². The molecule has 9 nitrogen and oxygen atoms in total. The van der Waals surface area contributed by atoms with Crippen LogP contribution in [0.1, 0.15) is 67.7 Å². The normalized spacial score (nSPS) is 15.1. The Bertz CT molecular complexity index is 971. The van der Waals surface area contributed by atoms with Crippen LogP contribution in [0.15, 0.2) is 14.7 Å². The molecule has 1 fully saturated rings. The molecule has 2 aromatic heterocycles. The maximum Gasteiger partial charge on any atom is 0.329 e. The Morgan fingerprint density at radius 2 is 1.96 bits per heavy atom. The van der Waals surface area contributed by atoms with Gasteiger partial charge in [0.25, 0.3) is 5.56 Å². The standard InChI is InChI=1S/C18H26N6O3S/c1-3-9-23-15(19)14(16(26)20-17(23)27)13(25)10-28-18-22-21-11(2)24(18)12-7-5-4-6-8-12/h12H,3-10,19H2,1-2H3,(H,20,26,27). The minimum atomic E-state index is -0.745. The van der Waals surface area contributed by atoms with Gasteiger partial charge in [0.15, 0.2) is 10.9 Å². The van der Waals surface area contributed by atoms with Gasteiger partial charge in [0.1, 0.15) is 17.2 Å². The monoisotopic (exact) mass is 406 g/mol. The smallest absolute Gasteiger partial charge is 0.329 e. The molecule has 0 bridgehead atoms. The molecule has 152 valence electrons. The Hall–Kier alpha value is -2.36. The van der Waals surface area contributed by atoms with Crippen molar-refractivity contribution in [1.82, 2.24) is 24.3 Å². The number of aryl methyl sites for hydroxylation is 1. The number of nitrogens with one attached hydrogen (secondary N) is 1. The second-order valence-corrected chi connectivity index (χ2v) is 8.02. The minimum Gasteiger partial charge on any atom is -0.384 e. The molecule has 0 spiro atoms. The number of nitrogens with zero attached hydrogens (tertiary/aromatic N) is 4. The fourth-order valence-electron chi connectivity index (χ4n) is 3.71. The van der Waals surface area contributed by atoms with Crippen LogP contribution >= 0.6 is 11.8 Å². The van der Waals surface area contributed by atoms with Gasteiger partial charge in [0, 0.05) is 12.6 Å². The fraction of sp³-hybridized carbons (Fsp3) is 0.611. The second-order valence-electron chi connectivity index (χ2n) is 7.07. The molecule has 3 N–H and O–H groups in total. The summed E-state index contributed by atoms with van der Waals surface area (Å²) in [7, 11) is 0. The molecule has 3 rings (SSSR count). The summed E-state index contributed by atoms with van der Waals surface area (Å²) in [6, 6.07) is 0.348. The van der Waals surface area contributed by atoms with E-state index in [1.165, 1.54) is 35.6 Å². The van der Waals surface area contributed by atoms with Gasteiger partial charge >= 0.3 is 5.69 Å². The van der Waals surface area contributed by atoms with Crippen molar-refractivity contribution in [3.63, 3.8) is 0 Å². The van der Waals surface area contributed by atoms with Gasteiger partial charge in [-0.2, -0.15) is 0 Å². The zero-order chi connectivity index (χ0) is 20.3. The van der Waals surface area contributed by atoms with Crippen molar-refractivity contribution in [1.29, 1.82) is 0 Å². The first-order valence-corrected chi connectivity index (χ1v) is 10.6. The maximum atomic E-state index is 12.7. The summed E-state index contributed by atoms with van der Waals surface area (Å²) in [6.45, 7) is 4.13. The summed E-state index contributed by atoms with van der Waals surface area (Å²) in [5.74, 6) is 0.328. The predicted octanol–water partition coefficient (Wildman–Crippen LogP) is 1.91. The van der Waals surface area contributed by atoms with Gasteiger partial charge in [0.05, 0.1) is 5.75 Å². The molecule has 0 unspecified atom stereocenters. The number of hydrogen-bond donors (Lipinski definition) is 2. The third-order valence-corrected chi connectivity index (χ3v) is 6.02. The van der Waals surface area contributed by atoms with Crippen LogP contribution in [0, 0.1) is 6.92 Å². The number of hydrogen-bond acceptors (Lipinski definition) is 7. The van der Waals surface area contributed by atoms with E-state index in [0.29, 0.717) is 24.2 Å². The number of aromatic nitrogens is 5. The van der Waals surface area contributed by atoms with Crippen molar-refractivity contribution < 1.29 is 4.79 Å². The number of rotatable bonds is 7. The van der Waals surface area contributed by atoms with E-state index < -0.39 is 17.0 Å². The van der Waals surface area contributed by atoms with Gasteiger partial charge in [0.2, 0.25) is 0 Å². The van der Waals surface area contributed by atoms with E-state index in [9.17, 15) is 14.4 Å². The fourth-order valence-corrected chi connectivity index (χ4v) is 4.64. The van der Waals surface area contributed by atoms with Crippen molar-refractivity contribution in [2.24, 2.45) is 0 Å². The lowest BCUT2D eigenvalue weighted by Crippen LogP contribution is -2.36. The highest BCUT2D eigenvalue weighted by Gasteiger charge is 2.24. The van der Waals surface area contributed by atoms with Gasteiger partial charge in [-0.3, -0.25) is 19.1 Å². The van der Waals surface area contributed by atoms with Crippen molar-refractivity contribution >= 4 is 23.4 Å².